The Balaban J connectivity index is 3.92. The van der Waals surface area contributed by atoms with Gasteiger partial charge in [-0.25, -0.2) is 4.57 Å². The van der Waals surface area contributed by atoms with Crippen LogP contribution < -0.4 is 5.32 Å². The highest BCUT2D eigenvalue weighted by Crippen LogP contribution is 2.36. The first-order valence-corrected chi connectivity index (χ1v) is 20.0. The fraction of sp³-hybridized carbons (Fsp3) is 0.914. The molecular formula is C35H68NO9P. The summed E-state index contributed by atoms with van der Waals surface area (Å²) in [6.07, 6.45) is 27.1. The van der Waals surface area contributed by atoms with Gasteiger partial charge in [0.05, 0.1) is 6.61 Å². The summed E-state index contributed by atoms with van der Waals surface area (Å²) in [6, 6.07) is 0. The molecule has 0 aromatic heterocycles. The van der Waals surface area contributed by atoms with Crippen molar-refractivity contribution in [3.8, 4) is 0 Å². The van der Waals surface area contributed by atoms with Crippen LogP contribution in [0.3, 0.4) is 0 Å². The molecule has 0 rings (SSSR count). The Kier molecular flexibility index (Phi) is 31.1. The number of unbranched alkanes of at least 4 members (excludes halogenated alkanes) is 22. The molecule has 0 aromatic carbocycles. The molecule has 46 heavy (non-hydrogen) atoms. The number of hydrogen-bond acceptors (Lipinski definition) is 7. The molecule has 0 bridgehead atoms. The fourth-order valence-electron chi connectivity index (χ4n) is 5.34. The standard InChI is InChI=1S/C35H68NO9P/c1-3-4-5-6-7-8-9-10-12-16-19-22-25-28-35(39)45-33(31-44-46(40,41)42)30-43-34(38)27-24-21-18-15-13-11-14-17-20-23-26-29-36-32(2)37/h33H,3-31H2,1-2H3,(H,36,37)(H2,40,41,42)/t33-/m0/s1. The third-order valence-electron chi connectivity index (χ3n) is 8.07. The van der Waals surface area contributed by atoms with Gasteiger partial charge in [-0.05, 0) is 19.3 Å². The van der Waals surface area contributed by atoms with Crippen LogP contribution in [0.2, 0.25) is 0 Å². The highest BCUT2D eigenvalue weighted by Gasteiger charge is 2.22. The number of esters is 2. The number of carbonyl (C=O) groups excluding carboxylic acids is 3. The fourth-order valence-corrected chi connectivity index (χ4v) is 5.70. The van der Waals surface area contributed by atoms with Crippen molar-refractivity contribution in [3.05, 3.63) is 0 Å². The normalized spacial score (nSPS) is 12.2. The highest BCUT2D eigenvalue weighted by atomic mass is 31.2. The van der Waals surface area contributed by atoms with Gasteiger partial charge in [0, 0.05) is 26.3 Å². The van der Waals surface area contributed by atoms with E-state index in [1.807, 2.05) is 0 Å². The van der Waals surface area contributed by atoms with E-state index in [1.165, 1.54) is 89.9 Å². The van der Waals surface area contributed by atoms with Gasteiger partial charge >= 0.3 is 19.8 Å². The van der Waals surface area contributed by atoms with Crippen LogP contribution in [0.5, 0.6) is 0 Å². The van der Waals surface area contributed by atoms with Gasteiger partial charge in [0.1, 0.15) is 6.61 Å². The van der Waals surface area contributed by atoms with E-state index in [1.54, 1.807) is 6.92 Å². The predicted molar refractivity (Wildman–Crippen MR) is 183 cm³/mol. The largest absolute Gasteiger partial charge is 0.469 e. The summed E-state index contributed by atoms with van der Waals surface area (Å²) >= 11 is 0. The summed E-state index contributed by atoms with van der Waals surface area (Å²) in [6.45, 7) is 3.71. The number of nitrogens with one attached hydrogen (secondary N) is 1. The van der Waals surface area contributed by atoms with Crippen molar-refractivity contribution in [2.45, 2.75) is 187 Å². The zero-order chi connectivity index (χ0) is 34.1. The van der Waals surface area contributed by atoms with E-state index in [0.29, 0.717) is 12.8 Å². The molecule has 0 aliphatic rings. The zero-order valence-electron chi connectivity index (χ0n) is 29.3. The zero-order valence-corrected chi connectivity index (χ0v) is 30.2. The number of hydrogen-bond donors (Lipinski definition) is 3. The van der Waals surface area contributed by atoms with Gasteiger partial charge in [-0.15, -0.1) is 0 Å². The molecule has 0 spiro atoms. The molecule has 11 heteroatoms. The lowest BCUT2D eigenvalue weighted by molar-refractivity contribution is -0.161. The Labute approximate surface area is 280 Å². The SMILES string of the molecule is CCCCCCCCCCCCCCCC(=O)O[C@@H](COC(=O)CCCCCCCCCCCCCNC(C)=O)COP(=O)(O)O. The number of ether oxygens (including phenoxy) is 2. The summed E-state index contributed by atoms with van der Waals surface area (Å²) in [5.74, 6) is -0.877. The number of amides is 1. The minimum Gasteiger partial charge on any atom is -0.462 e. The summed E-state index contributed by atoms with van der Waals surface area (Å²) in [7, 11) is -4.75. The third-order valence-corrected chi connectivity index (χ3v) is 8.56. The molecule has 1 amide bonds. The monoisotopic (exact) mass is 677 g/mol. The quantitative estimate of drug-likeness (QED) is 0.0345. The summed E-state index contributed by atoms with van der Waals surface area (Å²) < 4.78 is 26.2. The Morgan fingerprint density at radius 2 is 0.978 bits per heavy atom. The summed E-state index contributed by atoms with van der Waals surface area (Å²) in [5.41, 5.74) is 0. The van der Waals surface area contributed by atoms with Gasteiger partial charge < -0.3 is 24.6 Å². The molecule has 0 aromatic rings. The van der Waals surface area contributed by atoms with E-state index in [2.05, 4.69) is 16.8 Å². The van der Waals surface area contributed by atoms with Gasteiger partial charge in [-0.3, -0.25) is 18.9 Å². The molecule has 0 saturated carbocycles. The van der Waals surface area contributed by atoms with Crippen molar-refractivity contribution in [3.63, 3.8) is 0 Å². The van der Waals surface area contributed by atoms with Gasteiger partial charge in [0.2, 0.25) is 5.91 Å². The van der Waals surface area contributed by atoms with Gasteiger partial charge in [-0.1, -0.05) is 142 Å². The van der Waals surface area contributed by atoms with Crippen LogP contribution in [0.15, 0.2) is 0 Å². The molecule has 0 radical (unpaired) electrons. The van der Waals surface area contributed by atoms with Gasteiger partial charge in [0.25, 0.3) is 0 Å². The third kappa shape index (κ3) is 35.4. The first kappa shape index (κ1) is 44.5. The van der Waals surface area contributed by atoms with E-state index in [4.69, 9.17) is 19.3 Å². The molecule has 10 nitrogen and oxygen atoms in total. The van der Waals surface area contributed by atoms with Crippen LogP contribution in [-0.4, -0.2) is 53.5 Å². The van der Waals surface area contributed by atoms with E-state index in [0.717, 1.165) is 57.9 Å². The Morgan fingerprint density at radius 1 is 0.587 bits per heavy atom. The molecule has 0 saturated heterocycles. The molecule has 3 N–H and O–H groups in total. The van der Waals surface area contributed by atoms with Crippen molar-refractivity contribution >= 4 is 25.7 Å². The lowest BCUT2D eigenvalue weighted by Crippen LogP contribution is -2.29. The summed E-state index contributed by atoms with van der Waals surface area (Å²) in [5, 5.41) is 2.82. The number of rotatable bonds is 34. The van der Waals surface area contributed by atoms with Crippen LogP contribution in [0, 0.1) is 0 Å². The van der Waals surface area contributed by atoms with Crippen molar-refractivity contribution in [1.82, 2.24) is 5.32 Å². The van der Waals surface area contributed by atoms with E-state index in [9.17, 15) is 18.9 Å². The number of carbonyl (C=O) groups is 3. The summed E-state index contributed by atoms with van der Waals surface area (Å²) in [4.78, 5) is 53.4. The molecule has 0 aliphatic carbocycles. The second-order valence-electron chi connectivity index (χ2n) is 12.7. The molecular weight excluding hydrogens is 609 g/mol. The lowest BCUT2D eigenvalue weighted by Gasteiger charge is -2.18. The average Bonchev–Trinajstić information content (AvgIpc) is 3.00. The molecule has 1 atom stereocenters. The maximum absolute atomic E-state index is 12.3. The second-order valence-corrected chi connectivity index (χ2v) is 13.9. The van der Waals surface area contributed by atoms with E-state index >= 15 is 0 Å². The second kappa shape index (κ2) is 32.1. The molecule has 0 aliphatic heterocycles. The number of phosphoric acid groups is 1. The van der Waals surface area contributed by atoms with Crippen LogP contribution >= 0.6 is 7.82 Å². The first-order chi connectivity index (χ1) is 22.1. The maximum Gasteiger partial charge on any atom is 0.469 e. The Bertz CT molecular complexity index is 790. The van der Waals surface area contributed by atoms with Crippen molar-refractivity contribution in [2.75, 3.05) is 19.8 Å². The van der Waals surface area contributed by atoms with E-state index < -0.39 is 32.5 Å². The predicted octanol–water partition coefficient (Wildman–Crippen LogP) is 8.85. The van der Waals surface area contributed by atoms with E-state index in [-0.39, 0.29) is 25.4 Å². The topological polar surface area (TPSA) is 148 Å². The van der Waals surface area contributed by atoms with Crippen LogP contribution in [0.25, 0.3) is 0 Å². The van der Waals surface area contributed by atoms with Crippen molar-refractivity contribution in [2.24, 2.45) is 0 Å². The van der Waals surface area contributed by atoms with Crippen LogP contribution in [-0.2, 0) is 32.9 Å². The average molecular weight is 678 g/mol. The smallest absolute Gasteiger partial charge is 0.462 e. The molecule has 0 fully saturated rings. The first-order valence-electron chi connectivity index (χ1n) is 18.4. The Morgan fingerprint density at radius 3 is 1.39 bits per heavy atom. The van der Waals surface area contributed by atoms with Crippen molar-refractivity contribution in [1.29, 1.82) is 0 Å². The van der Waals surface area contributed by atoms with Gasteiger partial charge in [-0.2, -0.15) is 0 Å². The number of phosphoric ester groups is 1. The molecule has 0 heterocycles. The molecule has 0 unspecified atom stereocenters. The van der Waals surface area contributed by atoms with Crippen molar-refractivity contribution < 1.29 is 42.7 Å². The van der Waals surface area contributed by atoms with Crippen LogP contribution in [0.4, 0.5) is 0 Å². The lowest BCUT2D eigenvalue weighted by atomic mass is 10.0. The van der Waals surface area contributed by atoms with Crippen LogP contribution in [0.1, 0.15) is 181 Å². The highest BCUT2D eigenvalue weighted by molar-refractivity contribution is 7.46. The molecule has 272 valence electrons. The minimum absolute atomic E-state index is 0.0321. The maximum atomic E-state index is 12.3. The minimum atomic E-state index is -4.75. The Hall–Kier alpha value is -1.48. The van der Waals surface area contributed by atoms with Gasteiger partial charge in [0.15, 0.2) is 6.10 Å².